The van der Waals surface area contributed by atoms with Crippen LogP contribution in [0, 0.1) is 19.8 Å². The van der Waals surface area contributed by atoms with Crippen LogP contribution in [-0.2, 0) is 16.1 Å². The van der Waals surface area contributed by atoms with Crippen LogP contribution >= 0.6 is 0 Å². The topological polar surface area (TPSA) is 56.8 Å². The highest BCUT2D eigenvalue weighted by molar-refractivity contribution is 5.71. The Morgan fingerprint density at radius 1 is 1.11 bits per heavy atom. The van der Waals surface area contributed by atoms with E-state index in [1.165, 1.54) is 31.1 Å². The van der Waals surface area contributed by atoms with Crippen molar-refractivity contribution in [2.75, 3.05) is 20.8 Å². The van der Waals surface area contributed by atoms with Crippen LogP contribution in [0.2, 0.25) is 0 Å². The summed E-state index contributed by atoms with van der Waals surface area (Å²) in [5, 5.41) is 3.73. The highest BCUT2D eigenvalue weighted by Crippen LogP contribution is 2.41. The zero-order valence-electron chi connectivity index (χ0n) is 17.1. The summed E-state index contributed by atoms with van der Waals surface area (Å²) in [6, 6.07) is 12.9. The maximum absolute atomic E-state index is 11.3. The molecule has 0 saturated heterocycles. The van der Waals surface area contributed by atoms with Gasteiger partial charge in [-0.1, -0.05) is 24.3 Å². The van der Waals surface area contributed by atoms with Gasteiger partial charge in [0.25, 0.3) is 0 Å². The Hall–Kier alpha value is -2.53. The van der Waals surface area contributed by atoms with Gasteiger partial charge in [-0.2, -0.15) is 0 Å². The fourth-order valence-corrected chi connectivity index (χ4v) is 3.59. The summed E-state index contributed by atoms with van der Waals surface area (Å²) in [6.07, 6.45) is 2.53. The molecule has 2 aromatic rings. The fraction of sp³-hybridized carbons (Fsp3) is 0.435. The second-order valence-electron chi connectivity index (χ2n) is 7.39. The number of esters is 1. The van der Waals surface area contributed by atoms with Crippen LogP contribution in [0.4, 0.5) is 0 Å². The third-order valence-corrected chi connectivity index (χ3v) is 5.18. The number of carbonyl (C=O) groups excluding carboxylic acids is 1. The molecule has 1 N–H and O–H groups in total. The van der Waals surface area contributed by atoms with E-state index in [2.05, 4.69) is 34.3 Å². The number of ether oxygens (including phenoxy) is 3. The first kappa shape index (κ1) is 20.2. The molecular weight excluding hydrogens is 354 g/mol. The van der Waals surface area contributed by atoms with Crippen molar-refractivity contribution in [1.29, 1.82) is 0 Å². The Labute approximate surface area is 167 Å². The molecule has 150 valence electrons. The van der Waals surface area contributed by atoms with E-state index < -0.39 is 0 Å². The van der Waals surface area contributed by atoms with Crippen LogP contribution in [0.15, 0.2) is 36.4 Å². The molecule has 1 aliphatic carbocycles. The third-order valence-electron chi connectivity index (χ3n) is 5.18. The van der Waals surface area contributed by atoms with Crippen molar-refractivity contribution in [3.63, 3.8) is 0 Å². The van der Waals surface area contributed by atoms with E-state index in [4.69, 9.17) is 9.47 Å². The standard InChI is InChI=1S/C23H29NO4/c1-15-11-17(12-16(2)23(15)28-14-21(25)27-4)13-24-22(18-5-6-18)19-7-9-20(26-3)10-8-19/h7-12,18,22,24H,5-6,13-14H2,1-4H3. The molecule has 5 nitrogen and oxygen atoms in total. The van der Waals surface area contributed by atoms with Crippen LogP contribution in [0.5, 0.6) is 11.5 Å². The average molecular weight is 383 g/mol. The lowest BCUT2D eigenvalue weighted by atomic mass is 10.0. The molecule has 1 unspecified atom stereocenters. The van der Waals surface area contributed by atoms with Gasteiger partial charge in [0.15, 0.2) is 6.61 Å². The van der Waals surface area contributed by atoms with Crippen LogP contribution < -0.4 is 14.8 Å². The van der Waals surface area contributed by atoms with Crippen LogP contribution in [0.1, 0.15) is 41.1 Å². The second-order valence-corrected chi connectivity index (χ2v) is 7.39. The molecule has 0 bridgehead atoms. The first-order valence-electron chi connectivity index (χ1n) is 9.69. The van der Waals surface area contributed by atoms with E-state index in [1.807, 2.05) is 26.0 Å². The van der Waals surface area contributed by atoms with Crippen LogP contribution in [0.3, 0.4) is 0 Å². The van der Waals surface area contributed by atoms with E-state index in [0.29, 0.717) is 12.0 Å². The minimum absolute atomic E-state index is 0.0724. The summed E-state index contributed by atoms with van der Waals surface area (Å²) in [5.41, 5.74) is 4.55. The lowest BCUT2D eigenvalue weighted by Crippen LogP contribution is -2.23. The molecule has 1 fully saturated rings. The number of benzene rings is 2. The van der Waals surface area contributed by atoms with Crippen molar-refractivity contribution >= 4 is 5.97 Å². The zero-order chi connectivity index (χ0) is 20.1. The molecule has 1 saturated carbocycles. The quantitative estimate of drug-likeness (QED) is 0.661. The van der Waals surface area contributed by atoms with Gasteiger partial charge in [-0.25, -0.2) is 4.79 Å². The van der Waals surface area contributed by atoms with Gasteiger partial charge in [-0.3, -0.25) is 0 Å². The van der Waals surface area contributed by atoms with E-state index in [1.54, 1.807) is 7.11 Å². The normalized spacial score (nSPS) is 14.4. The number of methoxy groups -OCH3 is 2. The summed E-state index contributed by atoms with van der Waals surface area (Å²) in [6.45, 7) is 4.72. The minimum atomic E-state index is -0.378. The van der Waals surface area contributed by atoms with Crippen LogP contribution in [0.25, 0.3) is 0 Å². The monoisotopic (exact) mass is 383 g/mol. The minimum Gasteiger partial charge on any atom is -0.497 e. The van der Waals surface area contributed by atoms with Crippen molar-refractivity contribution in [2.24, 2.45) is 5.92 Å². The van der Waals surface area contributed by atoms with E-state index in [-0.39, 0.29) is 12.6 Å². The van der Waals surface area contributed by atoms with Crippen molar-refractivity contribution in [3.8, 4) is 11.5 Å². The third kappa shape index (κ3) is 5.04. The van der Waals surface area contributed by atoms with Gasteiger partial charge in [0.05, 0.1) is 14.2 Å². The maximum atomic E-state index is 11.3. The number of hydrogen-bond acceptors (Lipinski definition) is 5. The van der Waals surface area contributed by atoms with E-state index in [0.717, 1.165) is 29.2 Å². The van der Waals surface area contributed by atoms with Gasteiger partial charge in [-0.05, 0) is 67.0 Å². The molecule has 1 aliphatic rings. The Balaban J connectivity index is 1.67. The summed E-state index contributed by atoms with van der Waals surface area (Å²) < 4.78 is 15.5. The summed E-state index contributed by atoms with van der Waals surface area (Å²) in [5.74, 6) is 1.95. The zero-order valence-corrected chi connectivity index (χ0v) is 17.1. The predicted octanol–water partition coefficient (Wildman–Crippen LogP) is 4.10. The van der Waals surface area contributed by atoms with Crippen molar-refractivity contribution < 1.29 is 19.0 Å². The largest absolute Gasteiger partial charge is 0.497 e. The van der Waals surface area contributed by atoms with Gasteiger partial charge in [0.1, 0.15) is 11.5 Å². The highest BCUT2D eigenvalue weighted by Gasteiger charge is 2.32. The fourth-order valence-electron chi connectivity index (χ4n) is 3.59. The Kier molecular flexibility index (Phi) is 6.57. The molecule has 0 radical (unpaired) electrons. The maximum Gasteiger partial charge on any atom is 0.343 e. The van der Waals surface area contributed by atoms with Crippen molar-refractivity contribution in [1.82, 2.24) is 5.32 Å². The van der Waals surface area contributed by atoms with Crippen molar-refractivity contribution in [2.45, 2.75) is 39.3 Å². The van der Waals surface area contributed by atoms with Gasteiger partial charge in [0.2, 0.25) is 0 Å². The summed E-state index contributed by atoms with van der Waals surface area (Å²) in [4.78, 5) is 11.3. The smallest absolute Gasteiger partial charge is 0.343 e. The van der Waals surface area contributed by atoms with E-state index >= 15 is 0 Å². The first-order chi connectivity index (χ1) is 13.5. The number of carbonyl (C=O) groups is 1. The molecule has 0 aliphatic heterocycles. The molecule has 28 heavy (non-hydrogen) atoms. The second kappa shape index (κ2) is 9.11. The molecule has 0 amide bonds. The molecule has 0 spiro atoms. The molecular formula is C23H29NO4. The Morgan fingerprint density at radius 3 is 2.29 bits per heavy atom. The van der Waals surface area contributed by atoms with Crippen molar-refractivity contribution in [3.05, 3.63) is 58.7 Å². The van der Waals surface area contributed by atoms with E-state index in [9.17, 15) is 4.79 Å². The Morgan fingerprint density at radius 2 is 1.75 bits per heavy atom. The first-order valence-corrected chi connectivity index (χ1v) is 9.69. The lowest BCUT2D eigenvalue weighted by Gasteiger charge is -2.20. The molecule has 0 aromatic heterocycles. The molecule has 3 rings (SSSR count). The van der Waals surface area contributed by atoms with Gasteiger partial charge in [-0.15, -0.1) is 0 Å². The number of nitrogens with one attached hydrogen (secondary N) is 1. The Bertz CT molecular complexity index is 789. The number of rotatable bonds is 9. The molecule has 0 heterocycles. The average Bonchev–Trinajstić information content (AvgIpc) is 3.53. The van der Waals surface area contributed by atoms with Gasteiger partial charge in [0, 0.05) is 12.6 Å². The van der Waals surface area contributed by atoms with Crippen LogP contribution in [-0.4, -0.2) is 26.8 Å². The SMILES string of the molecule is COC(=O)COc1c(C)cc(CNC(c2ccc(OC)cc2)C2CC2)cc1C. The highest BCUT2D eigenvalue weighted by atomic mass is 16.6. The lowest BCUT2D eigenvalue weighted by molar-refractivity contribution is -0.142. The number of aryl methyl sites for hydroxylation is 2. The summed E-state index contributed by atoms with van der Waals surface area (Å²) in [7, 11) is 3.05. The molecule has 1 atom stereocenters. The van der Waals surface area contributed by atoms with Gasteiger partial charge < -0.3 is 19.5 Å². The van der Waals surface area contributed by atoms with Gasteiger partial charge >= 0.3 is 5.97 Å². The molecule has 2 aromatic carbocycles. The predicted molar refractivity (Wildman–Crippen MR) is 109 cm³/mol. The number of hydrogen-bond donors (Lipinski definition) is 1. The molecule has 5 heteroatoms. The summed E-state index contributed by atoms with van der Waals surface area (Å²) >= 11 is 0.